The Balaban J connectivity index is 1.65. The highest BCUT2D eigenvalue weighted by molar-refractivity contribution is 5.86. The van der Waals surface area contributed by atoms with E-state index in [1.54, 1.807) is 0 Å². The third-order valence-corrected chi connectivity index (χ3v) is 6.54. The molecule has 1 aliphatic carbocycles. The van der Waals surface area contributed by atoms with E-state index in [1.165, 1.54) is 22.3 Å². The number of benzene rings is 4. The number of carbonyl (C=O) groups is 2. The van der Waals surface area contributed by atoms with E-state index < -0.39 is 5.41 Å². The fourth-order valence-electron chi connectivity index (χ4n) is 5.08. The van der Waals surface area contributed by atoms with Gasteiger partial charge in [0, 0.05) is 12.8 Å². The van der Waals surface area contributed by atoms with E-state index in [4.69, 9.17) is 9.47 Å². The van der Waals surface area contributed by atoms with E-state index in [0.717, 1.165) is 35.2 Å². The first-order valence-corrected chi connectivity index (χ1v) is 11.8. The topological polar surface area (TPSA) is 52.6 Å². The lowest BCUT2D eigenvalue weighted by atomic mass is 9.68. The van der Waals surface area contributed by atoms with Crippen molar-refractivity contribution in [3.63, 3.8) is 0 Å². The van der Waals surface area contributed by atoms with Gasteiger partial charge in [-0.3, -0.25) is 0 Å². The number of carbonyl (C=O) groups excluding carboxylic acids is 2. The smallest absolute Gasteiger partial charge is 0.123 e. The van der Waals surface area contributed by atoms with Crippen LogP contribution in [0.1, 0.15) is 35.1 Å². The number of hydrogen-bond donors (Lipinski definition) is 0. The van der Waals surface area contributed by atoms with Crippen LogP contribution in [0.4, 0.5) is 0 Å². The second-order valence-corrected chi connectivity index (χ2v) is 8.50. The van der Waals surface area contributed by atoms with Crippen LogP contribution in [0.2, 0.25) is 0 Å². The van der Waals surface area contributed by atoms with Gasteiger partial charge in [-0.25, -0.2) is 0 Å². The van der Waals surface area contributed by atoms with Crippen LogP contribution < -0.4 is 9.47 Å². The minimum atomic E-state index is -0.504. The standard InChI is InChI=1S/C31H26O4/c32-19-5-21-34-25-15-11-23(12-16-25)31(24-13-17-26(18-14-24)35-22-6-20-33)29-9-3-1-7-27(29)28-8-2-4-10-30(28)31/h1-4,7-20H,5-6,21-22H2. The summed E-state index contributed by atoms with van der Waals surface area (Å²) in [5, 5.41) is 0. The molecule has 4 aromatic carbocycles. The molecule has 0 saturated carbocycles. The number of rotatable bonds is 10. The van der Waals surface area contributed by atoms with Gasteiger partial charge in [-0.1, -0.05) is 72.8 Å². The van der Waals surface area contributed by atoms with Gasteiger partial charge < -0.3 is 19.1 Å². The van der Waals surface area contributed by atoms with Gasteiger partial charge in [-0.2, -0.15) is 0 Å². The van der Waals surface area contributed by atoms with E-state index in [1.807, 2.05) is 24.3 Å². The van der Waals surface area contributed by atoms with Gasteiger partial charge in [0.05, 0.1) is 18.6 Å². The maximum absolute atomic E-state index is 10.6. The third kappa shape index (κ3) is 4.01. The maximum atomic E-state index is 10.6. The Morgan fingerprint density at radius 1 is 0.543 bits per heavy atom. The van der Waals surface area contributed by atoms with Crippen LogP contribution in [0, 0.1) is 0 Å². The van der Waals surface area contributed by atoms with Crippen LogP contribution >= 0.6 is 0 Å². The van der Waals surface area contributed by atoms with Gasteiger partial charge in [0.15, 0.2) is 0 Å². The van der Waals surface area contributed by atoms with Crippen LogP contribution in [-0.2, 0) is 15.0 Å². The monoisotopic (exact) mass is 462 g/mol. The molecule has 0 saturated heterocycles. The van der Waals surface area contributed by atoms with E-state index in [2.05, 4.69) is 72.8 Å². The summed E-state index contributed by atoms with van der Waals surface area (Å²) in [6.07, 6.45) is 2.46. The zero-order valence-corrected chi connectivity index (χ0v) is 19.4. The molecule has 0 radical (unpaired) electrons. The van der Waals surface area contributed by atoms with Crippen LogP contribution in [0.25, 0.3) is 11.1 Å². The Labute approximate surface area is 205 Å². The molecule has 0 N–H and O–H groups in total. The van der Waals surface area contributed by atoms with Crippen molar-refractivity contribution in [3.8, 4) is 22.6 Å². The Morgan fingerprint density at radius 3 is 1.34 bits per heavy atom. The van der Waals surface area contributed by atoms with Gasteiger partial charge in [-0.15, -0.1) is 0 Å². The summed E-state index contributed by atoms with van der Waals surface area (Å²) in [6.45, 7) is 0.733. The molecule has 4 heteroatoms. The lowest BCUT2D eigenvalue weighted by Crippen LogP contribution is -2.28. The summed E-state index contributed by atoms with van der Waals surface area (Å²) >= 11 is 0. The Hall–Kier alpha value is -4.18. The molecule has 0 aromatic heterocycles. The summed E-state index contributed by atoms with van der Waals surface area (Å²) in [5.74, 6) is 1.48. The van der Waals surface area contributed by atoms with Crippen molar-refractivity contribution in [3.05, 3.63) is 119 Å². The third-order valence-electron chi connectivity index (χ3n) is 6.54. The quantitative estimate of drug-likeness (QED) is 0.189. The summed E-state index contributed by atoms with van der Waals surface area (Å²) in [4.78, 5) is 21.3. The SMILES string of the molecule is O=CCCOc1ccc(C2(c3ccc(OCCC=O)cc3)c3ccccc3-c3ccccc32)cc1. The van der Waals surface area contributed by atoms with Crippen LogP contribution in [0.15, 0.2) is 97.1 Å². The highest BCUT2D eigenvalue weighted by atomic mass is 16.5. The molecule has 0 fully saturated rings. The minimum absolute atomic E-state index is 0.366. The van der Waals surface area contributed by atoms with Gasteiger partial charge in [0.25, 0.3) is 0 Å². The first-order chi connectivity index (χ1) is 17.3. The van der Waals surface area contributed by atoms with E-state index >= 15 is 0 Å². The van der Waals surface area contributed by atoms with Gasteiger partial charge in [-0.05, 0) is 57.6 Å². The molecule has 35 heavy (non-hydrogen) atoms. The molecule has 0 spiro atoms. The maximum Gasteiger partial charge on any atom is 0.123 e. The van der Waals surface area contributed by atoms with E-state index in [-0.39, 0.29) is 0 Å². The highest BCUT2D eigenvalue weighted by Gasteiger charge is 2.45. The predicted molar refractivity (Wildman–Crippen MR) is 136 cm³/mol. The second-order valence-electron chi connectivity index (χ2n) is 8.50. The molecule has 5 rings (SSSR count). The normalized spacial score (nSPS) is 12.9. The molecule has 4 nitrogen and oxygen atoms in total. The molecule has 0 amide bonds. The van der Waals surface area contributed by atoms with Crippen molar-refractivity contribution in [2.75, 3.05) is 13.2 Å². The van der Waals surface area contributed by atoms with Gasteiger partial charge in [0.1, 0.15) is 24.1 Å². The average Bonchev–Trinajstić information content (AvgIpc) is 3.21. The molecule has 1 aliphatic rings. The Morgan fingerprint density at radius 2 is 0.943 bits per heavy atom. The van der Waals surface area contributed by atoms with E-state index in [9.17, 15) is 9.59 Å². The van der Waals surface area contributed by atoms with Gasteiger partial charge >= 0.3 is 0 Å². The molecule has 0 heterocycles. The molecule has 0 bridgehead atoms. The lowest BCUT2D eigenvalue weighted by molar-refractivity contribution is -0.109. The molecule has 0 atom stereocenters. The number of hydrogen-bond acceptors (Lipinski definition) is 4. The first-order valence-electron chi connectivity index (χ1n) is 11.8. The van der Waals surface area contributed by atoms with Crippen molar-refractivity contribution in [2.24, 2.45) is 0 Å². The Kier molecular flexibility index (Phi) is 6.44. The fraction of sp³-hybridized carbons (Fsp3) is 0.161. The lowest BCUT2D eigenvalue weighted by Gasteiger charge is -2.34. The fourth-order valence-corrected chi connectivity index (χ4v) is 5.08. The average molecular weight is 463 g/mol. The largest absolute Gasteiger partial charge is 0.493 e. The van der Waals surface area contributed by atoms with Gasteiger partial charge in [0.2, 0.25) is 0 Å². The summed E-state index contributed by atoms with van der Waals surface area (Å²) in [6, 6.07) is 33.5. The summed E-state index contributed by atoms with van der Waals surface area (Å²) in [5.41, 5.74) is 6.66. The number of fused-ring (bicyclic) bond motifs is 3. The highest BCUT2D eigenvalue weighted by Crippen LogP contribution is 2.56. The van der Waals surface area contributed by atoms with Crippen molar-refractivity contribution in [1.82, 2.24) is 0 Å². The van der Waals surface area contributed by atoms with E-state index in [0.29, 0.717) is 26.1 Å². The molecule has 174 valence electrons. The first kappa shape index (κ1) is 22.6. The minimum Gasteiger partial charge on any atom is -0.493 e. The summed E-state index contributed by atoms with van der Waals surface area (Å²) < 4.78 is 11.5. The van der Waals surface area contributed by atoms with Crippen molar-refractivity contribution in [1.29, 1.82) is 0 Å². The number of aldehydes is 2. The second kappa shape index (κ2) is 9.98. The summed E-state index contributed by atoms with van der Waals surface area (Å²) in [7, 11) is 0. The number of ether oxygens (including phenoxy) is 2. The zero-order valence-electron chi connectivity index (χ0n) is 19.4. The Bertz CT molecular complexity index is 1220. The molecular weight excluding hydrogens is 436 g/mol. The molecular formula is C31H26O4. The molecule has 0 unspecified atom stereocenters. The van der Waals surface area contributed by atoms with Crippen molar-refractivity contribution >= 4 is 12.6 Å². The van der Waals surface area contributed by atoms with Crippen molar-refractivity contribution < 1.29 is 19.1 Å². The zero-order chi connectivity index (χ0) is 24.1. The van der Waals surface area contributed by atoms with Crippen molar-refractivity contribution in [2.45, 2.75) is 18.3 Å². The van der Waals surface area contributed by atoms with Crippen LogP contribution in [0.3, 0.4) is 0 Å². The molecule has 4 aromatic rings. The molecule has 0 aliphatic heterocycles. The predicted octanol–water partition coefficient (Wildman–Crippen LogP) is 5.99. The van der Waals surface area contributed by atoms with Crippen LogP contribution in [-0.4, -0.2) is 25.8 Å². The van der Waals surface area contributed by atoms with Crippen LogP contribution in [0.5, 0.6) is 11.5 Å².